The second kappa shape index (κ2) is 8.17. The summed E-state index contributed by atoms with van der Waals surface area (Å²) in [6.45, 7) is -1.09. The molecule has 1 heterocycles. The number of benzene rings is 2. The summed E-state index contributed by atoms with van der Waals surface area (Å²) in [4.78, 5) is 13.0. The topological polar surface area (TPSA) is 177 Å². The van der Waals surface area contributed by atoms with Crippen molar-refractivity contribution in [3.8, 4) is 11.5 Å². The number of carbonyl (C=O) groups excluding carboxylic acids is 1. The number of hydrogen-bond donors (Lipinski definition) is 7. The highest BCUT2D eigenvalue weighted by atomic mass is 16.7. The van der Waals surface area contributed by atoms with E-state index in [1.54, 1.807) is 0 Å². The van der Waals surface area contributed by atoms with Crippen molar-refractivity contribution in [1.29, 1.82) is 0 Å². The number of phenolic OH excluding ortho intramolecular Hbond substituents is 2. The van der Waals surface area contributed by atoms with E-state index in [1.807, 2.05) is 0 Å². The molecule has 2 aromatic carbocycles. The maximum Gasteiger partial charge on any atom is 0.201 e. The molecule has 1 fully saturated rings. The van der Waals surface area contributed by atoms with Crippen LogP contribution in [-0.2, 0) is 16.1 Å². The van der Waals surface area contributed by atoms with Crippen LogP contribution in [0, 0.1) is 0 Å². The minimum absolute atomic E-state index is 0.114. The van der Waals surface area contributed by atoms with E-state index in [0.717, 1.165) is 0 Å². The lowest BCUT2D eigenvalue weighted by Crippen LogP contribution is -2.59. The summed E-state index contributed by atoms with van der Waals surface area (Å²) in [5, 5.41) is 70.1. The van der Waals surface area contributed by atoms with Crippen LogP contribution in [0.4, 0.5) is 0 Å². The van der Waals surface area contributed by atoms with E-state index in [0.29, 0.717) is 0 Å². The fourth-order valence-electron chi connectivity index (χ4n) is 4.03. The van der Waals surface area contributed by atoms with E-state index in [9.17, 15) is 40.5 Å². The van der Waals surface area contributed by atoms with Gasteiger partial charge in [0.1, 0.15) is 42.0 Å². The summed E-state index contributed by atoms with van der Waals surface area (Å²) >= 11 is 0. The molecule has 0 unspecified atom stereocenters. The smallest absolute Gasteiger partial charge is 0.201 e. The molecule has 31 heavy (non-hydrogen) atoms. The van der Waals surface area contributed by atoms with Gasteiger partial charge >= 0.3 is 0 Å². The van der Waals surface area contributed by atoms with Gasteiger partial charge in [-0.05, 0) is 23.8 Å². The Kier molecular flexibility index (Phi) is 5.71. The van der Waals surface area contributed by atoms with E-state index in [-0.39, 0.29) is 33.6 Å². The van der Waals surface area contributed by atoms with Gasteiger partial charge in [0, 0.05) is 11.1 Å². The molecule has 0 radical (unpaired) electrons. The zero-order valence-corrected chi connectivity index (χ0v) is 16.1. The van der Waals surface area contributed by atoms with Crippen molar-refractivity contribution in [2.24, 2.45) is 0 Å². The van der Waals surface area contributed by atoms with E-state index >= 15 is 0 Å². The van der Waals surface area contributed by atoms with Crippen molar-refractivity contribution in [1.82, 2.24) is 0 Å². The van der Waals surface area contributed by atoms with Crippen molar-refractivity contribution in [2.45, 2.75) is 43.4 Å². The van der Waals surface area contributed by atoms with Gasteiger partial charge in [-0.15, -0.1) is 0 Å². The van der Waals surface area contributed by atoms with Crippen LogP contribution >= 0.6 is 0 Å². The molecule has 0 amide bonds. The third kappa shape index (κ3) is 3.48. The maximum atomic E-state index is 13.0. The first-order valence-corrected chi connectivity index (χ1v) is 9.57. The summed E-state index contributed by atoms with van der Waals surface area (Å²) in [5.74, 6) is -1.43. The fraction of sp³-hybridized carbons (Fsp3) is 0.381. The average Bonchev–Trinajstić information content (AvgIpc) is 2.75. The molecule has 1 saturated heterocycles. The van der Waals surface area contributed by atoms with Crippen LogP contribution < -0.4 is 0 Å². The zero-order valence-electron chi connectivity index (χ0n) is 16.1. The van der Waals surface area contributed by atoms with Crippen LogP contribution in [0.3, 0.4) is 0 Å². The Bertz CT molecular complexity index is 1000. The normalized spacial score (nSPS) is 30.0. The molecule has 166 valence electrons. The number of hydrogen-bond acceptors (Lipinski definition) is 10. The number of rotatable bonds is 4. The molecule has 10 heteroatoms. The minimum Gasteiger partial charge on any atom is -0.507 e. The molecule has 4 rings (SSSR count). The van der Waals surface area contributed by atoms with Crippen molar-refractivity contribution < 1.29 is 50.0 Å². The lowest BCUT2D eigenvalue weighted by Gasteiger charge is -2.41. The highest BCUT2D eigenvalue weighted by Gasteiger charge is 2.46. The highest BCUT2D eigenvalue weighted by Crippen LogP contribution is 2.45. The summed E-state index contributed by atoms with van der Waals surface area (Å²) in [7, 11) is 0. The summed E-state index contributed by atoms with van der Waals surface area (Å²) < 4.78 is 11.3. The van der Waals surface area contributed by atoms with E-state index in [2.05, 4.69) is 0 Å². The largest absolute Gasteiger partial charge is 0.507 e. The first-order chi connectivity index (χ1) is 14.8. The van der Waals surface area contributed by atoms with Crippen LogP contribution in [0.15, 0.2) is 30.3 Å². The average molecular weight is 434 g/mol. The molecule has 0 aromatic heterocycles. The molecule has 0 saturated carbocycles. The van der Waals surface area contributed by atoms with E-state index < -0.39 is 61.6 Å². The van der Waals surface area contributed by atoms with Crippen LogP contribution in [0.25, 0.3) is 0 Å². The molecular formula is C21H22O10. The van der Waals surface area contributed by atoms with Gasteiger partial charge in [-0.25, -0.2) is 0 Å². The Morgan fingerprint density at radius 3 is 2.29 bits per heavy atom. The van der Waals surface area contributed by atoms with Crippen LogP contribution in [0.2, 0.25) is 0 Å². The predicted octanol–water partition coefficient (Wildman–Crippen LogP) is -0.960. The maximum absolute atomic E-state index is 13.0. The van der Waals surface area contributed by atoms with Crippen LogP contribution in [0.1, 0.15) is 38.7 Å². The second-order valence-corrected chi connectivity index (χ2v) is 7.52. The Labute approximate surface area is 176 Å². The highest BCUT2D eigenvalue weighted by molar-refractivity contribution is 6.15. The third-order valence-electron chi connectivity index (χ3n) is 5.60. The van der Waals surface area contributed by atoms with Crippen LogP contribution in [-0.4, -0.2) is 78.8 Å². The molecule has 1 aliphatic heterocycles. The Morgan fingerprint density at radius 1 is 0.903 bits per heavy atom. The lowest BCUT2D eigenvalue weighted by molar-refractivity contribution is -0.309. The molecule has 2 aliphatic rings. The molecule has 6 atom stereocenters. The van der Waals surface area contributed by atoms with E-state index in [4.69, 9.17) is 9.47 Å². The molecule has 2 aromatic rings. The first kappa shape index (κ1) is 21.7. The number of ketones is 1. The van der Waals surface area contributed by atoms with Gasteiger partial charge in [0.15, 0.2) is 6.29 Å². The number of carbonyl (C=O) groups is 1. The molecule has 0 spiro atoms. The van der Waals surface area contributed by atoms with Crippen molar-refractivity contribution in [2.75, 3.05) is 6.61 Å². The molecular weight excluding hydrogens is 412 g/mol. The van der Waals surface area contributed by atoms with Crippen LogP contribution in [0.5, 0.6) is 11.5 Å². The van der Waals surface area contributed by atoms with Crippen molar-refractivity contribution in [3.05, 3.63) is 58.1 Å². The zero-order chi connectivity index (χ0) is 22.4. The van der Waals surface area contributed by atoms with Gasteiger partial charge in [0.2, 0.25) is 5.78 Å². The number of phenols is 2. The fourth-order valence-corrected chi connectivity index (χ4v) is 4.03. The SMILES string of the molecule is O=C1c2c(O)cccc2[C@H](O[C@H]2O[C@H](CO)[C@@H](O)[C@H](O)[C@H]2O)c2cc(CO)cc(O)c21. The molecule has 10 nitrogen and oxygen atoms in total. The summed E-state index contributed by atoms with van der Waals surface area (Å²) in [6.07, 6.45) is -8.86. The predicted molar refractivity (Wildman–Crippen MR) is 102 cm³/mol. The molecule has 0 bridgehead atoms. The molecule has 7 N–H and O–H groups in total. The monoisotopic (exact) mass is 434 g/mol. The Balaban J connectivity index is 1.83. The number of aliphatic hydroxyl groups is 5. The summed E-state index contributed by atoms with van der Waals surface area (Å²) in [5.41, 5.74) is 0.389. The first-order valence-electron chi connectivity index (χ1n) is 9.57. The number of ether oxygens (including phenoxy) is 2. The second-order valence-electron chi connectivity index (χ2n) is 7.52. The minimum atomic E-state index is -1.70. The number of aliphatic hydroxyl groups excluding tert-OH is 5. The van der Waals surface area contributed by atoms with Gasteiger partial charge in [-0.1, -0.05) is 12.1 Å². The third-order valence-corrected chi connectivity index (χ3v) is 5.60. The Hall–Kier alpha value is -2.57. The van der Waals surface area contributed by atoms with Crippen molar-refractivity contribution >= 4 is 5.78 Å². The van der Waals surface area contributed by atoms with E-state index in [1.165, 1.54) is 30.3 Å². The van der Waals surface area contributed by atoms with Gasteiger partial charge in [-0.2, -0.15) is 0 Å². The van der Waals surface area contributed by atoms with Gasteiger partial charge < -0.3 is 45.2 Å². The number of aromatic hydroxyl groups is 2. The lowest BCUT2D eigenvalue weighted by atomic mass is 9.81. The van der Waals surface area contributed by atoms with Gasteiger partial charge in [0.05, 0.1) is 24.3 Å². The standard InChI is InChI=1S/C21H22O10/c22-6-8-4-10-15(12(25)5-8)17(27)14-9(2-1-3-11(14)24)20(10)31-21-19(29)18(28)16(26)13(7-23)30-21/h1-5,13,16,18-26,28-29H,6-7H2/t13-,16-,18+,19-,20+,21-/m1/s1. The van der Waals surface area contributed by atoms with Crippen molar-refractivity contribution in [3.63, 3.8) is 0 Å². The Morgan fingerprint density at radius 2 is 1.61 bits per heavy atom. The molecule has 1 aliphatic carbocycles. The summed E-state index contributed by atoms with van der Waals surface area (Å²) in [6, 6.07) is 6.94. The quantitative estimate of drug-likeness (QED) is 0.317. The van der Waals surface area contributed by atoms with Gasteiger partial charge in [-0.3, -0.25) is 4.79 Å². The number of fused-ring (bicyclic) bond motifs is 2. The van der Waals surface area contributed by atoms with Gasteiger partial charge in [0.25, 0.3) is 0 Å².